The van der Waals surface area contributed by atoms with Crippen LogP contribution in [-0.4, -0.2) is 54.8 Å². The van der Waals surface area contributed by atoms with E-state index in [1.807, 2.05) is 0 Å². The largest absolute Gasteiger partial charge is 0.495 e. The second-order valence-electron chi connectivity index (χ2n) is 7.64. The minimum Gasteiger partial charge on any atom is -0.495 e. The van der Waals surface area contributed by atoms with Gasteiger partial charge >= 0.3 is 0 Å². The van der Waals surface area contributed by atoms with Crippen molar-refractivity contribution in [1.29, 1.82) is 0 Å². The van der Waals surface area contributed by atoms with Gasteiger partial charge in [-0.05, 0) is 50.2 Å². The molecule has 1 amide bonds. The van der Waals surface area contributed by atoms with Crippen LogP contribution < -0.4 is 23.8 Å². The number of amides is 1. The van der Waals surface area contributed by atoms with Gasteiger partial charge in [0.15, 0.2) is 6.10 Å². The van der Waals surface area contributed by atoms with Crippen LogP contribution in [0.15, 0.2) is 41.3 Å². The number of ether oxygens (including phenoxy) is 2. The summed E-state index contributed by atoms with van der Waals surface area (Å²) >= 11 is 5.99. The van der Waals surface area contributed by atoms with Crippen LogP contribution in [0.25, 0.3) is 0 Å². The lowest BCUT2D eigenvalue weighted by atomic mass is 10.2. The van der Waals surface area contributed by atoms with E-state index in [1.54, 1.807) is 13.8 Å². The van der Waals surface area contributed by atoms with Crippen LogP contribution in [0.5, 0.6) is 11.5 Å². The molecule has 0 saturated carbocycles. The first-order chi connectivity index (χ1) is 15.3. The van der Waals surface area contributed by atoms with E-state index in [-0.39, 0.29) is 40.4 Å². The van der Waals surface area contributed by atoms with E-state index in [2.05, 4.69) is 10.0 Å². The zero-order chi connectivity index (χ0) is 24.6. The third-order valence-corrected chi connectivity index (χ3v) is 7.65. The van der Waals surface area contributed by atoms with Gasteiger partial charge in [0.25, 0.3) is 5.91 Å². The number of nitrogens with zero attached hydrogens (tertiary/aromatic N) is 1. The average Bonchev–Trinajstić information content (AvgIpc) is 2.71. The first kappa shape index (κ1) is 25.1. The van der Waals surface area contributed by atoms with Gasteiger partial charge in [-0.15, -0.1) is 0 Å². The standard InChI is InChI=1S/C20H24ClN3O7S2/c1-12(2)23-33(28,29)14-6-8-17(30-3)15(10-14)22-20(25)19-11-24(32(4,26)27)16-9-13(21)5-7-18(16)31-19/h5-10,12,19,23H,11H2,1-4H3,(H,22,25)/t19-/m1/s1. The predicted molar refractivity (Wildman–Crippen MR) is 125 cm³/mol. The number of anilines is 2. The van der Waals surface area contributed by atoms with Gasteiger partial charge in [0.05, 0.1) is 36.2 Å². The molecule has 1 aliphatic rings. The Morgan fingerprint density at radius 1 is 1.18 bits per heavy atom. The van der Waals surface area contributed by atoms with Crippen LogP contribution in [0.4, 0.5) is 11.4 Å². The summed E-state index contributed by atoms with van der Waals surface area (Å²) in [6.45, 7) is 3.07. The van der Waals surface area contributed by atoms with E-state index in [0.717, 1.165) is 10.6 Å². The third kappa shape index (κ3) is 5.69. The second kappa shape index (κ2) is 9.37. The molecule has 0 saturated heterocycles. The fraction of sp³-hybridized carbons (Fsp3) is 0.350. The lowest BCUT2D eigenvalue weighted by molar-refractivity contribution is -0.122. The molecule has 2 aromatic rings. The first-order valence-electron chi connectivity index (χ1n) is 9.77. The van der Waals surface area contributed by atoms with Crippen molar-refractivity contribution in [3.05, 3.63) is 41.4 Å². The van der Waals surface area contributed by atoms with Gasteiger partial charge < -0.3 is 14.8 Å². The number of fused-ring (bicyclic) bond motifs is 1. The van der Waals surface area contributed by atoms with E-state index in [9.17, 15) is 21.6 Å². The third-order valence-electron chi connectivity index (χ3n) is 4.61. The second-order valence-corrected chi connectivity index (χ2v) is 11.7. The van der Waals surface area contributed by atoms with Gasteiger partial charge in [0.1, 0.15) is 11.5 Å². The molecular weight excluding hydrogens is 494 g/mol. The molecule has 10 nitrogen and oxygen atoms in total. The summed E-state index contributed by atoms with van der Waals surface area (Å²) < 4.78 is 64.2. The Labute approximate surface area is 197 Å². The van der Waals surface area contributed by atoms with Crippen LogP contribution in [-0.2, 0) is 24.8 Å². The molecule has 13 heteroatoms. The number of carbonyl (C=O) groups excluding carboxylic acids is 1. The van der Waals surface area contributed by atoms with Crippen LogP contribution in [0, 0.1) is 0 Å². The Hall–Kier alpha value is -2.54. The molecule has 1 aliphatic heterocycles. The van der Waals surface area contributed by atoms with Gasteiger partial charge in [0, 0.05) is 11.1 Å². The number of rotatable bonds is 7. The van der Waals surface area contributed by atoms with Gasteiger partial charge in [-0.1, -0.05) is 11.6 Å². The zero-order valence-electron chi connectivity index (χ0n) is 18.3. The number of methoxy groups -OCH3 is 1. The van der Waals surface area contributed by atoms with Crippen molar-refractivity contribution in [2.45, 2.75) is 30.9 Å². The topological polar surface area (TPSA) is 131 Å². The zero-order valence-corrected chi connectivity index (χ0v) is 20.7. The van der Waals surface area contributed by atoms with E-state index < -0.39 is 32.1 Å². The van der Waals surface area contributed by atoms with Crippen molar-refractivity contribution in [3.8, 4) is 11.5 Å². The van der Waals surface area contributed by atoms with E-state index >= 15 is 0 Å². The van der Waals surface area contributed by atoms with E-state index in [0.29, 0.717) is 5.02 Å². The highest BCUT2D eigenvalue weighted by Gasteiger charge is 2.35. The maximum Gasteiger partial charge on any atom is 0.267 e. The summed E-state index contributed by atoms with van der Waals surface area (Å²) in [6.07, 6.45) is -0.205. The number of sulfonamides is 2. The van der Waals surface area contributed by atoms with Gasteiger partial charge in [-0.3, -0.25) is 9.10 Å². The van der Waals surface area contributed by atoms with Gasteiger partial charge in [-0.2, -0.15) is 0 Å². The molecule has 1 heterocycles. The van der Waals surface area contributed by atoms with Gasteiger partial charge in [0.2, 0.25) is 20.0 Å². The van der Waals surface area contributed by atoms with E-state index in [4.69, 9.17) is 21.1 Å². The first-order valence-corrected chi connectivity index (χ1v) is 13.5. The highest BCUT2D eigenvalue weighted by Crippen LogP contribution is 2.37. The summed E-state index contributed by atoms with van der Waals surface area (Å²) in [5, 5.41) is 2.89. The molecule has 0 fully saturated rings. The highest BCUT2D eigenvalue weighted by atomic mass is 35.5. The van der Waals surface area contributed by atoms with Crippen molar-refractivity contribution in [2.75, 3.05) is 29.5 Å². The van der Waals surface area contributed by atoms with Crippen molar-refractivity contribution in [2.24, 2.45) is 0 Å². The number of halogens is 1. The van der Waals surface area contributed by atoms with Crippen molar-refractivity contribution < 1.29 is 31.1 Å². The number of hydrogen-bond acceptors (Lipinski definition) is 7. The van der Waals surface area contributed by atoms with Crippen LogP contribution in [0.2, 0.25) is 5.02 Å². The molecule has 0 unspecified atom stereocenters. The monoisotopic (exact) mass is 517 g/mol. The molecule has 1 atom stereocenters. The fourth-order valence-electron chi connectivity index (χ4n) is 3.22. The molecule has 2 aromatic carbocycles. The van der Waals surface area contributed by atoms with Crippen LogP contribution in [0.1, 0.15) is 13.8 Å². The summed E-state index contributed by atoms with van der Waals surface area (Å²) in [6, 6.07) is 8.10. The molecule has 0 radical (unpaired) electrons. The summed E-state index contributed by atoms with van der Waals surface area (Å²) in [5.41, 5.74) is 0.310. The Kier molecular flexibility index (Phi) is 7.13. The smallest absolute Gasteiger partial charge is 0.267 e. The molecule has 0 bridgehead atoms. The maximum atomic E-state index is 13.0. The van der Waals surface area contributed by atoms with Crippen LogP contribution >= 0.6 is 11.6 Å². The summed E-state index contributed by atoms with van der Waals surface area (Å²) in [5.74, 6) is -0.302. The highest BCUT2D eigenvalue weighted by molar-refractivity contribution is 7.92. The molecular formula is C20H24ClN3O7S2. The molecule has 3 rings (SSSR count). The predicted octanol–water partition coefficient (Wildman–Crippen LogP) is 2.20. The molecule has 0 spiro atoms. The van der Waals surface area contributed by atoms with Crippen molar-refractivity contribution >= 4 is 48.9 Å². The number of benzene rings is 2. The Morgan fingerprint density at radius 3 is 2.48 bits per heavy atom. The molecule has 0 aliphatic carbocycles. The molecule has 2 N–H and O–H groups in total. The normalized spacial score (nSPS) is 16.2. The minimum atomic E-state index is -3.83. The maximum absolute atomic E-state index is 13.0. The lowest BCUT2D eigenvalue weighted by Gasteiger charge is -2.34. The Morgan fingerprint density at radius 2 is 1.88 bits per heavy atom. The Balaban J connectivity index is 1.92. The molecule has 180 valence electrons. The molecule has 33 heavy (non-hydrogen) atoms. The molecule has 0 aromatic heterocycles. The quantitative estimate of drug-likeness (QED) is 0.575. The number of nitrogens with one attached hydrogen (secondary N) is 2. The van der Waals surface area contributed by atoms with Crippen molar-refractivity contribution in [3.63, 3.8) is 0 Å². The number of carbonyl (C=O) groups is 1. The summed E-state index contributed by atoms with van der Waals surface area (Å²) in [4.78, 5) is 12.9. The fourth-order valence-corrected chi connectivity index (χ4v) is 5.57. The van der Waals surface area contributed by atoms with Crippen molar-refractivity contribution in [1.82, 2.24) is 4.72 Å². The minimum absolute atomic E-state index is 0.0744. The summed E-state index contributed by atoms with van der Waals surface area (Å²) in [7, 11) is -6.20. The van der Waals surface area contributed by atoms with Crippen LogP contribution in [0.3, 0.4) is 0 Å². The average molecular weight is 518 g/mol. The number of hydrogen-bond donors (Lipinski definition) is 2. The van der Waals surface area contributed by atoms with E-state index in [1.165, 1.54) is 43.5 Å². The van der Waals surface area contributed by atoms with Gasteiger partial charge in [-0.25, -0.2) is 21.6 Å². The lowest BCUT2D eigenvalue weighted by Crippen LogP contribution is -2.48. The SMILES string of the molecule is COc1ccc(S(=O)(=O)NC(C)C)cc1NC(=O)[C@H]1CN(S(C)(=O)=O)c2cc(Cl)ccc2O1. The Bertz CT molecular complexity index is 1280.